The molecule has 1 atom stereocenters. The summed E-state index contributed by atoms with van der Waals surface area (Å²) in [6.45, 7) is 0.483. The third-order valence-electron chi connectivity index (χ3n) is 4.96. The van der Waals surface area contributed by atoms with E-state index in [0.29, 0.717) is 12.0 Å². The van der Waals surface area contributed by atoms with Crippen molar-refractivity contribution in [3.63, 3.8) is 0 Å². The normalized spacial score (nSPS) is 21.4. The molecule has 2 aromatic rings. The third-order valence-corrected chi connectivity index (χ3v) is 5.81. The first kappa shape index (κ1) is 13.9. The molecule has 5 heteroatoms. The third kappa shape index (κ3) is 2.43. The van der Waals surface area contributed by atoms with Gasteiger partial charge in [0.2, 0.25) is 5.91 Å². The van der Waals surface area contributed by atoms with E-state index in [0.717, 1.165) is 22.7 Å². The number of carbonyl (C=O) groups excluding carboxylic acids is 1. The Morgan fingerprint density at radius 1 is 1.36 bits per heavy atom. The average Bonchev–Trinajstić information content (AvgIpc) is 3.10. The van der Waals surface area contributed by atoms with Gasteiger partial charge in [-0.05, 0) is 48.9 Å². The number of halogens is 1. The summed E-state index contributed by atoms with van der Waals surface area (Å²) in [5, 5.41) is 5.84. The highest BCUT2D eigenvalue weighted by Gasteiger charge is 2.60. The maximum atomic E-state index is 12.9. The molecule has 2 saturated carbocycles. The maximum absolute atomic E-state index is 12.9. The van der Waals surface area contributed by atoms with Gasteiger partial charge in [-0.15, -0.1) is 11.3 Å². The second-order valence-corrected chi connectivity index (χ2v) is 7.27. The van der Waals surface area contributed by atoms with E-state index in [-0.39, 0.29) is 17.6 Å². The molecule has 0 radical (unpaired) electrons. The van der Waals surface area contributed by atoms with Gasteiger partial charge in [-0.2, -0.15) is 0 Å². The van der Waals surface area contributed by atoms with Crippen LogP contribution in [0.3, 0.4) is 0 Å². The SMILES string of the molecule is O=C(NCc1nc(-c2ccc(F)cc2)cs1)[C@H]1CC12CCC2. The lowest BCUT2D eigenvalue weighted by Crippen LogP contribution is -2.29. The van der Waals surface area contributed by atoms with Crippen LogP contribution in [-0.2, 0) is 11.3 Å². The first-order chi connectivity index (χ1) is 10.7. The lowest BCUT2D eigenvalue weighted by molar-refractivity contribution is -0.123. The van der Waals surface area contributed by atoms with Gasteiger partial charge in [-0.3, -0.25) is 4.79 Å². The Hall–Kier alpha value is -1.75. The molecule has 2 fully saturated rings. The number of aromatic nitrogens is 1. The monoisotopic (exact) mass is 316 g/mol. The Kier molecular flexibility index (Phi) is 3.26. The molecule has 3 nitrogen and oxygen atoms in total. The lowest BCUT2D eigenvalue weighted by Gasteiger charge is -2.26. The first-order valence-electron chi connectivity index (χ1n) is 7.64. The predicted molar refractivity (Wildman–Crippen MR) is 83.7 cm³/mol. The van der Waals surface area contributed by atoms with Gasteiger partial charge in [-0.25, -0.2) is 9.37 Å². The summed E-state index contributed by atoms with van der Waals surface area (Å²) >= 11 is 1.52. The zero-order valence-corrected chi connectivity index (χ0v) is 13.0. The Bertz CT molecular complexity index is 706. The molecule has 1 aromatic carbocycles. The van der Waals surface area contributed by atoms with Gasteiger partial charge in [0.05, 0.1) is 12.2 Å². The van der Waals surface area contributed by atoms with Gasteiger partial charge in [0.1, 0.15) is 10.8 Å². The van der Waals surface area contributed by atoms with E-state index in [9.17, 15) is 9.18 Å². The van der Waals surface area contributed by atoms with Crippen LogP contribution < -0.4 is 5.32 Å². The summed E-state index contributed by atoms with van der Waals surface area (Å²) in [5.74, 6) is 0.164. The van der Waals surface area contributed by atoms with Crippen molar-refractivity contribution < 1.29 is 9.18 Å². The van der Waals surface area contributed by atoms with Gasteiger partial charge < -0.3 is 5.32 Å². The summed E-state index contributed by atoms with van der Waals surface area (Å²) in [7, 11) is 0. The number of rotatable bonds is 4. The molecule has 1 spiro atoms. The summed E-state index contributed by atoms with van der Waals surface area (Å²) in [5.41, 5.74) is 2.09. The molecule has 0 aliphatic heterocycles. The molecule has 2 aliphatic rings. The summed E-state index contributed by atoms with van der Waals surface area (Å²) < 4.78 is 12.9. The van der Waals surface area contributed by atoms with E-state index < -0.39 is 0 Å². The maximum Gasteiger partial charge on any atom is 0.224 e. The zero-order chi connectivity index (χ0) is 15.2. The van der Waals surface area contributed by atoms with Gasteiger partial charge in [-0.1, -0.05) is 6.42 Å². The second-order valence-electron chi connectivity index (χ2n) is 6.32. The van der Waals surface area contributed by atoms with E-state index in [4.69, 9.17) is 0 Å². The Morgan fingerprint density at radius 3 is 2.77 bits per heavy atom. The molecule has 0 saturated heterocycles. The highest BCUT2D eigenvalue weighted by molar-refractivity contribution is 7.09. The van der Waals surface area contributed by atoms with Crippen LogP contribution in [-0.4, -0.2) is 10.9 Å². The highest BCUT2D eigenvalue weighted by atomic mass is 32.1. The van der Waals surface area contributed by atoms with Gasteiger partial charge in [0.25, 0.3) is 0 Å². The largest absolute Gasteiger partial charge is 0.349 e. The van der Waals surface area contributed by atoms with Crippen molar-refractivity contribution in [3.8, 4) is 11.3 Å². The quantitative estimate of drug-likeness (QED) is 0.933. The Morgan fingerprint density at radius 2 is 2.14 bits per heavy atom. The molecule has 1 heterocycles. The molecule has 1 aromatic heterocycles. The Labute approximate surface area is 132 Å². The number of amides is 1. The molecule has 1 amide bonds. The average molecular weight is 316 g/mol. The van der Waals surface area contributed by atoms with Crippen molar-refractivity contribution in [1.29, 1.82) is 0 Å². The summed E-state index contributed by atoms with van der Waals surface area (Å²) in [6.07, 6.45) is 4.78. The lowest BCUT2D eigenvalue weighted by atomic mass is 9.80. The van der Waals surface area contributed by atoms with Crippen LogP contribution in [0.4, 0.5) is 4.39 Å². The number of hydrogen-bond acceptors (Lipinski definition) is 3. The minimum Gasteiger partial charge on any atom is -0.349 e. The predicted octanol–water partition coefficient (Wildman–Crippen LogP) is 3.76. The van der Waals surface area contributed by atoms with Crippen molar-refractivity contribution in [2.75, 3.05) is 0 Å². The van der Waals surface area contributed by atoms with Crippen molar-refractivity contribution in [2.45, 2.75) is 32.2 Å². The number of thiazole rings is 1. The fourth-order valence-electron chi connectivity index (χ4n) is 3.33. The Balaban J connectivity index is 1.36. The molecule has 0 bridgehead atoms. The van der Waals surface area contributed by atoms with Crippen molar-refractivity contribution >= 4 is 17.2 Å². The fraction of sp³-hybridized carbons (Fsp3) is 0.412. The first-order valence-corrected chi connectivity index (χ1v) is 8.52. The molecule has 0 unspecified atom stereocenters. The van der Waals surface area contributed by atoms with Crippen LogP contribution in [0.1, 0.15) is 30.7 Å². The van der Waals surface area contributed by atoms with Crippen molar-refractivity contribution in [1.82, 2.24) is 10.3 Å². The van der Waals surface area contributed by atoms with E-state index in [1.54, 1.807) is 12.1 Å². The number of carbonyl (C=O) groups is 1. The number of benzene rings is 1. The van der Waals surface area contributed by atoms with E-state index in [1.807, 2.05) is 5.38 Å². The number of nitrogens with zero attached hydrogens (tertiary/aromatic N) is 1. The fourth-order valence-corrected chi connectivity index (χ4v) is 4.08. The molecule has 22 heavy (non-hydrogen) atoms. The topological polar surface area (TPSA) is 42.0 Å². The van der Waals surface area contributed by atoms with Crippen LogP contribution in [0.25, 0.3) is 11.3 Å². The molecular weight excluding hydrogens is 299 g/mol. The molecule has 1 N–H and O–H groups in total. The van der Waals surface area contributed by atoms with Gasteiger partial charge in [0.15, 0.2) is 0 Å². The van der Waals surface area contributed by atoms with E-state index in [2.05, 4.69) is 10.3 Å². The van der Waals surface area contributed by atoms with Crippen LogP contribution >= 0.6 is 11.3 Å². The summed E-state index contributed by atoms with van der Waals surface area (Å²) in [4.78, 5) is 16.6. The van der Waals surface area contributed by atoms with Crippen LogP contribution in [0.15, 0.2) is 29.6 Å². The van der Waals surface area contributed by atoms with Crippen LogP contribution in [0.5, 0.6) is 0 Å². The minimum atomic E-state index is -0.249. The molecule has 114 valence electrons. The smallest absolute Gasteiger partial charge is 0.224 e. The highest BCUT2D eigenvalue weighted by Crippen LogP contribution is 2.65. The van der Waals surface area contributed by atoms with Crippen molar-refractivity contribution in [2.24, 2.45) is 11.3 Å². The van der Waals surface area contributed by atoms with Gasteiger partial charge in [0, 0.05) is 16.9 Å². The zero-order valence-electron chi connectivity index (χ0n) is 12.1. The number of nitrogens with one attached hydrogen (secondary N) is 1. The van der Waals surface area contributed by atoms with Crippen LogP contribution in [0, 0.1) is 17.2 Å². The van der Waals surface area contributed by atoms with Crippen LogP contribution in [0.2, 0.25) is 0 Å². The van der Waals surface area contributed by atoms with E-state index >= 15 is 0 Å². The number of hydrogen-bond donors (Lipinski definition) is 1. The second kappa shape index (κ2) is 5.16. The van der Waals surface area contributed by atoms with Gasteiger partial charge >= 0.3 is 0 Å². The minimum absolute atomic E-state index is 0.179. The standard InChI is InChI=1S/C17H17FN2OS/c18-12-4-2-11(3-5-12)14-10-22-15(20-14)9-19-16(21)13-8-17(13)6-1-7-17/h2-5,10,13H,1,6-9H2,(H,19,21)/t13-/m1/s1. The summed E-state index contributed by atoms with van der Waals surface area (Å²) in [6, 6.07) is 6.30. The molecule has 2 aliphatic carbocycles. The van der Waals surface area contributed by atoms with Crippen molar-refractivity contribution in [3.05, 3.63) is 40.5 Å². The molecule has 4 rings (SSSR count). The van der Waals surface area contributed by atoms with E-state index in [1.165, 1.54) is 42.7 Å². The molecular formula is C17H17FN2OS.